The fourth-order valence-corrected chi connectivity index (χ4v) is 2.49. The van der Waals surface area contributed by atoms with E-state index in [1.165, 1.54) is 19.2 Å². The molecule has 2 rings (SSSR count). The second-order valence-electron chi connectivity index (χ2n) is 4.72. The second kappa shape index (κ2) is 6.87. The summed E-state index contributed by atoms with van der Waals surface area (Å²) in [6, 6.07) is 2.12. The van der Waals surface area contributed by atoms with Gasteiger partial charge in [-0.1, -0.05) is 17.7 Å². The van der Waals surface area contributed by atoms with E-state index in [2.05, 4.69) is 4.99 Å². The molecule has 1 aliphatic rings. The van der Waals surface area contributed by atoms with Gasteiger partial charge >= 0.3 is 5.97 Å². The summed E-state index contributed by atoms with van der Waals surface area (Å²) in [7, 11) is 1.30. The molecule has 118 valence electrons. The number of benzene rings is 1. The smallest absolute Gasteiger partial charge is 0.352 e. The molecule has 1 atom stereocenters. The molecule has 0 radical (unpaired) electrons. The van der Waals surface area contributed by atoms with Gasteiger partial charge in [-0.3, -0.25) is 9.79 Å². The summed E-state index contributed by atoms with van der Waals surface area (Å²) in [4.78, 5) is 27.7. The predicted molar refractivity (Wildman–Crippen MR) is 79.0 cm³/mol. The van der Waals surface area contributed by atoms with Crippen molar-refractivity contribution in [2.75, 3.05) is 13.7 Å². The Morgan fingerprint density at radius 2 is 2.23 bits per heavy atom. The fourth-order valence-electron chi connectivity index (χ4n) is 2.26. The van der Waals surface area contributed by atoms with Crippen molar-refractivity contribution >= 4 is 29.1 Å². The van der Waals surface area contributed by atoms with Crippen LogP contribution in [0.3, 0.4) is 0 Å². The number of hydrogen-bond acceptors (Lipinski definition) is 5. The Balaban J connectivity index is 2.41. The van der Waals surface area contributed by atoms with Gasteiger partial charge in [0.2, 0.25) is 0 Å². The van der Waals surface area contributed by atoms with Gasteiger partial charge in [0, 0.05) is 12.0 Å². The summed E-state index contributed by atoms with van der Waals surface area (Å²) in [6.07, 6.45) is -0.0771. The monoisotopic (exact) mass is 327 g/mol. The maximum atomic E-state index is 14.4. The molecule has 0 fully saturated rings. The van der Waals surface area contributed by atoms with Crippen molar-refractivity contribution in [3.05, 3.63) is 28.5 Å². The van der Waals surface area contributed by atoms with Crippen LogP contribution in [0.15, 0.2) is 17.1 Å². The van der Waals surface area contributed by atoms with Crippen molar-refractivity contribution in [3.8, 4) is 5.75 Å². The van der Waals surface area contributed by atoms with Gasteiger partial charge in [0.15, 0.2) is 11.6 Å². The van der Waals surface area contributed by atoms with Crippen LogP contribution in [0.5, 0.6) is 5.75 Å². The Morgan fingerprint density at radius 1 is 1.50 bits per heavy atom. The van der Waals surface area contributed by atoms with Gasteiger partial charge in [-0.2, -0.15) is 0 Å². The number of carbonyl (C=O) groups excluding carboxylic acids is 2. The lowest BCUT2D eigenvalue weighted by Crippen LogP contribution is -2.27. The number of aliphatic imine (C=N–C) groups is 1. The molecule has 0 spiro atoms. The summed E-state index contributed by atoms with van der Waals surface area (Å²) in [5.74, 6) is -1.63. The number of Topliss-reactive ketones (excluding diaryl/α,β-unsaturated/α-hetero) is 1. The number of esters is 1. The molecule has 0 saturated carbocycles. The van der Waals surface area contributed by atoms with E-state index in [1.54, 1.807) is 6.92 Å². The van der Waals surface area contributed by atoms with Gasteiger partial charge < -0.3 is 9.47 Å². The topological polar surface area (TPSA) is 65.0 Å². The van der Waals surface area contributed by atoms with E-state index in [1.807, 2.05) is 0 Å². The van der Waals surface area contributed by atoms with Crippen molar-refractivity contribution in [1.29, 1.82) is 0 Å². The number of ether oxygens (including phenoxy) is 2. The molecular weight excluding hydrogens is 313 g/mol. The van der Waals surface area contributed by atoms with Gasteiger partial charge in [-0.25, -0.2) is 9.18 Å². The Labute approximate surface area is 132 Å². The average Bonchev–Trinajstić information content (AvgIpc) is 2.47. The van der Waals surface area contributed by atoms with E-state index in [0.29, 0.717) is 0 Å². The maximum absolute atomic E-state index is 14.4. The molecule has 0 aliphatic carbocycles. The highest BCUT2D eigenvalue weighted by Crippen LogP contribution is 2.36. The molecule has 0 saturated heterocycles. The van der Waals surface area contributed by atoms with Crippen LogP contribution in [0.1, 0.15) is 31.4 Å². The van der Waals surface area contributed by atoms with E-state index >= 15 is 0 Å². The zero-order chi connectivity index (χ0) is 16.3. The maximum Gasteiger partial charge on any atom is 0.352 e. The number of methoxy groups -OCH3 is 1. The lowest BCUT2D eigenvalue weighted by atomic mass is 9.95. The molecular formula is C15H15ClFNO4. The van der Waals surface area contributed by atoms with E-state index < -0.39 is 17.8 Å². The van der Waals surface area contributed by atoms with Crippen LogP contribution in [-0.4, -0.2) is 31.2 Å². The predicted octanol–water partition coefficient (Wildman–Crippen LogP) is 2.90. The molecule has 1 aromatic carbocycles. The molecule has 0 N–H and O–H groups in total. The van der Waals surface area contributed by atoms with Crippen molar-refractivity contribution in [2.24, 2.45) is 4.99 Å². The standard InChI is InChI=1S/C15H15ClFNO4/c1-3-22-15(20)12-7-8(19)6-11(18-12)9-4-5-10(16)14(21-2)13(9)17/h4-5,11H,3,6-7H2,1-2H3. The van der Waals surface area contributed by atoms with Gasteiger partial charge in [-0.05, 0) is 13.0 Å². The molecule has 0 aromatic heterocycles. The van der Waals surface area contributed by atoms with Crippen LogP contribution in [0.2, 0.25) is 5.02 Å². The SMILES string of the molecule is CCOC(=O)C1=NC(c2ccc(Cl)c(OC)c2F)CC(=O)C1. The van der Waals surface area contributed by atoms with E-state index in [-0.39, 0.29) is 47.3 Å². The molecule has 5 nitrogen and oxygen atoms in total. The number of carbonyl (C=O) groups is 2. The number of halogens is 2. The van der Waals surface area contributed by atoms with Crippen LogP contribution < -0.4 is 4.74 Å². The normalized spacial score (nSPS) is 17.9. The molecule has 0 amide bonds. The van der Waals surface area contributed by atoms with Crippen LogP contribution >= 0.6 is 11.6 Å². The zero-order valence-electron chi connectivity index (χ0n) is 12.2. The fraction of sp³-hybridized carbons (Fsp3) is 0.400. The average molecular weight is 328 g/mol. The lowest BCUT2D eigenvalue weighted by molar-refractivity contribution is -0.136. The highest BCUT2D eigenvalue weighted by atomic mass is 35.5. The van der Waals surface area contributed by atoms with E-state index in [9.17, 15) is 14.0 Å². The van der Waals surface area contributed by atoms with Crippen LogP contribution in [-0.2, 0) is 14.3 Å². The summed E-state index contributed by atoms with van der Waals surface area (Å²) in [5.41, 5.74) is 0.174. The first kappa shape index (κ1) is 16.4. The lowest BCUT2D eigenvalue weighted by Gasteiger charge is -2.20. The third-order valence-corrected chi connectivity index (χ3v) is 3.55. The molecule has 1 unspecified atom stereocenters. The molecule has 0 bridgehead atoms. The number of ketones is 1. The molecule has 22 heavy (non-hydrogen) atoms. The van der Waals surface area contributed by atoms with Gasteiger partial charge in [0.25, 0.3) is 0 Å². The van der Waals surface area contributed by atoms with Crippen LogP contribution in [0, 0.1) is 5.82 Å². The van der Waals surface area contributed by atoms with Gasteiger partial charge in [-0.15, -0.1) is 0 Å². The number of nitrogens with zero attached hydrogens (tertiary/aromatic N) is 1. The first-order valence-electron chi connectivity index (χ1n) is 6.75. The molecule has 1 aliphatic heterocycles. The number of hydrogen-bond donors (Lipinski definition) is 0. The van der Waals surface area contributed by atoms with Crippen LogP contribution in [0.25, 0.3) is 0 Å². The molecule has 7 heteroatoms. The van der Waals surface area contributed by atoms with Crippen molar-refractivity contribution in [3.63, 3.8) is 0 Å². The Hall–Kier alpha value is -1.95. The third-order valence-electron chi connectivity index (χ3n) is 3.25. The summed E-state index contributed by atoms with van der Waals surface area (Å²) >= 11 is 5.85. The largest absolute Gasteiger partial charge is 0.492 e. The van der Waals surface area contributed by atoms with Gasteiger partial charge in [0.05, 0.1) is 31.2 Å². The van der Waals surface area contributed by atoms with Crippen molar-refractivity contribution < 1.29 is 23.5 Å². The quantitative estimate of drug-likeness (QED) is 0.798. The minimum Gasteiger partial charge on any atom is -0.492 e. The van der Waals surface area contributed by atoms with Crippen molar-refractivity contribution in [2.45, 2.75) is 25.8 Å². The summed E-state index contributed by atoms with van der Waals surface area (Å²) in [6.45, 7) is 1.84. The minimum absolute atomic E-state index is 0.0106. The summed E-state index contributed by atoms with van der Waals surface area (Å²) < 4.78 is 24.2. The summed E-state index contributed by atoms with van der Waals surface area (Å²) in [5, 5.41) is 0.125. The van der Waals surface area contributed by atoms with E-state index in [0.717, 1.165) is 0 Å². The minimum atomic E-state index is -0.785. The van der Waals surface area contributed by atoms with E-state index in [4.69, 9.17) is 21.1 Å². The van der Waals surface area contributed by atoms with Crippen LogP contribution in [0.4, 0.5) is 4.39 Å². The van der Waals surface area contributed by atoms with Gasteiger partial charge in [0.1, 0.15) is 11.5 Å². The number of rotatable bonds is 4. The Bertz CT molecular complexity index is 645. The Kier molecular flexibility index (Phi) is 5.13. The molecule has 1 aromatic rings. The molecule has 1 heterocycles. The first-order chi connectivity index (χ1) is 10.5. The van der Waals surface area contributed by atoms with Crippen molar-refractivity contribution in [1.82, 2.24) is 0 Å². The Morgan fingerprint density at radius 3 is 2.86 bits per heavy atom. The zero-order valence-corrected chi connectivity index (χ0v) is 12.9. The highest BCUT2D eigenvalue weighted by Gasteiger charge is 2.30. The third kappa shape index (κ3) is 3.27. The second-order valence-corrected chi connectivity index (χ2v) is 5.12. The highest BCUT2D eigenvalue weighted by molar-refractivity contribution is 6.40. The first-order valence-corrected chi connectivity index (χ1v) is 7.13.